The quantitative estimate of drug-likeness (QED) is 0.725. The summed E-state index contributed by atoms with van der Waals surface area (Å²) in [5.41, 5.74) is 0.0388. The van der Waals surface area contributed by atoms with Gasteiger partial charge in [0.1, 0.15) is 0 Å². The minimum atomic E-state index is 0.0388. The van der Waals surface area contributed by atoms with Crippen LogP contribution in [0.3, 0.4) is 0 Å². The topological polar surface area (TPSA) is 44.7 Å². The molecule has 2 N–H and O–H groups in total. The van der Waals surface area contributed by atoms with Crippen LogP contribution >= 0.6 is 0 Å². The molecule has 0 aromatic heterocycles. The maximum absolute atomic E-state index is 9.75. The highest BCUT2D eigenvalue weighted by molar-refractivity contribution is 4.96. The Morgan fingerprint density at radius 2 is 1.94 bits per heavy atom. The number of rotatable bonds is 3. The largest absolute Gasteiger partial charge is 0.394 e. The van der Waals surface area contributed by atoms with E-state index in [-0.39, 0.29) is 5.54 Å². The van der Waals surface area contributed by atoms with Crippen LogP contribution in [-0.4, -0.2) is 61.5 Å². The first-order chi connectivity index (χ1) is 7.80. The summed E-state index contributed by atoms with van der Waals surface area (Å²) in [6, 6.07) is 0. The van der Waals surface area contributed by atoms with Crippen LogP contribution < -0.4 is 5.32 Å². The molecule has 1 saturated heterocycles. The molecule has 0 aromatic rings. The van der Waals surface area contributed by atoms with Crippen molar-refractivity contribution in [3.8, 4) is 0 Å². The predicted molar refractivity (Wildman–Crippen MR) is 63.5 cm³/mol. The van der Waals surface area contributed by atoms with E-state index >= 15 is 0 Å². The Morgan fingerprint density at radius 3 is 2.44 bits per heavy atom. The standard InChI is InChI=1S/C12H24N2O2/c1-16-11-2-4-12(10-15,5-3-11)14-8-6-13-7-9-14/h11,13,15H,2-10H2,1H3. The summed E-state index contributed by atoms with van der Waals surface area (Å²) in [7, 11) is 1.79. The van der Waals surface area contributed by atoms with E-state index in [2.05, 4.69) is 10.2 Å². The van der Waals surface area contributed by atoms with Gasteiger partial charge < -0.3 is 15.2 Å². The molecule has 1 saturated carbocycles. The fraction of sp³-hybridized carbons (Fsp3) is 1.00. The van der Waals surface area contributed by atoms with Gasteiger partial charge in [-0.2, -0.15) is 0 Å². The number of piperazine rings is 1. The number of nitrogens with zero attached hydrogens (tertiary/aromatic N) is 1. The molecule has 16 heavy (non-hydrogen) atoms. The predicted octanol–water partition coefficient (Wildman–Crippen LogP) is 0.212. The molecule has 0 radical (unpaired) electrons. The zero-order chi connectivity index (χ0) is 11.4. The normalized spacial score (nSPS) is 37.5. The molecule has 2 aliphatic rings. The van der Waals surface area contributed by atoms with Crippen molar-refractivity contribution >= 4 is 0 Å². The van der Waals surface area contributed by atoms with Crippen molar-refractivity contribution < 1.29 is 9.84 Å². The van der Waals surface area contributed by atoms with E-state index in [1.807, 2.05) is 0 Å². The summed E-state index contributed by atoms with van der Waals surface area (Å²) < 4.78 is 5.40. The summed E-state index contributed by atoms with van der Waals surface area (Å²) in [6.07, 6.45) is 4.72. The van der Waals surface area contributed by atoms with Crippen LogP contribution in [0.15, 0.2) is 0 Å². The third kappa shape index (κ3) is 2.40. The second kappa shape index (κ2) is 5.45. The molecule has 1 aliphatic heterocycles. The van der Waals surface area contributed by atoms with Crippen molar-refractivity contribution in [3.05, 3.63) is 0 Å². The Hall–Kier alpha value is -0.160. The molecule has 0 spiro atoms. The first-order valence-corrected chi connectivity index (χ1v) is 6.40. The summed E-state index contributed by atoms with van der Waals surface area (Å²) >= 11 is 0. The first-order valence-electron chi connectivity index (χ1n) is 6.40. The number of ether oxygens (including phenoxy) is 1. The molecule has 0 atom stereocenters. The number of nitrogens with one attached hydrogen (secondary N) is 1. The zero-order valence-corrected chi connectivity index (χ0v) is 10.2. The SMILES string of the molecule is COC1CCC(CO)(N2CCNCC2)CC1. The second-order valence-electron chi connectivity index (χ2n) is 5.05. The molecule has 94 valence electrons. The number of methoxy groups -OCH3 is 1. The fourth-order valence-corrected chi connectivity index (χ4v) is 3.08. The van der Waals surface area contributed by atoms with Gasteiger partial charge in [-0.1, -0.05) is 0 Å². The van der Waals surface area contributed by atoms with Crippen molar-refractivity contribution in [2.24, 2.45) is 0 Å². The van der Waals surface area contributed by atoms with E-state index in [9.17, 15) is 5.11 Å². The molecular weight excluding hydrogens is 204 g/mol. The van der Waals surface area contributed by atoms with Crippen LogP contribution in [0, 0.1) is 0 Å². The Kier molecular flexibility index (Phi) is 4.19. The van der Waals surface area contributed by atoms with E-state index in [1.165, 1.54) is 0 Å². The molecule has 1 heterocycles. The Morgan fingerprint density at radius 1 is 1.31 bits per heavy atom. The summed E-state index contributed by atoms with van der Waals surface area (Å²) in [5, 5.41) is 13.1. The van der Waals surface area contributed by atoms with Crippen LogP contribution in [0.25, 0.3) is 0 Å². The third-order valence-electron chi connectivity index (χ3n) is 4.28. The van der Waals surface area contributed by atoms with E-state index in [1.54, 1.807) is 7.11 Å². The number of aliphatic hydroxyl groups excluding tert-OH is 1. The zero-order valence-electron chi connectivity index (χ0n) is 10.2. The van der Waals surface area contributed by atoms with Gasteiger partial charge in [-0.3, -0.25) is 4.90 Å². The number of hydrogen-bond acceptors (Lipinski definition) is 4. The van der Waals surface area contributed by atoms with Gasteiger partial charge in [0, 0.05) is 38.8 Å². The van der Waals surface area contributed by atoms with Crippen molar-refractivity contribution in [3.63, 3.8) is 0 Å². The molecule has 1 aliphatic carbocycles. The van der Waals surface area contributed by atoms with Gasteiger partial charge in [0.25, 0.3) is 0 Å². The Labute approximate surface area is 98.0 Å². The molecule has 4 heteroatoms. The monoisotopic (exact) mass is 228 g/mol. The summed E-state index contributed by atoms with van der Waals surface area (Å²) in [6.45, 7) is 4.53. The van der Waals surface area contributed by atoms with E-state index in [0.29, 0.717) is 12.7 Å². The molecule has 2 fully saturated rings. The van der Waals surface area contributed by atoms with E-state index in [0.717, 1.165) is 51.9 Å². The lowest BCUT2D eigenvalue weighted by atomic mass is 9.79. The van der Waals surface area contributed by atoms with Gasteiger partial charge in [0.2, 0.25) is 0 Å². The van der Waals surface area contributed by atoms with Crippen LogP contribution in [-0.2, 0) is 4.74 Å². The van der Waals surface area contributed by atoms with Crippen LogP contribution in [0.2, 0.25) is 0 Å². The lowest BCUT2D eigenvalue weighted by molar-refractivity contribution is -0.0429. The lowest BCUT2D eigenvalue weighted by Gasteiger charge is -2.48. The average molecular weight is 228 g/mol. The Bertz CT molecular complexity index is 209. The molecular formula is C12H24N2O2. The van der Waals surface area contributed by atoms with Crippen LogP contribution in [0.5, 0.6) is 0 Å². The van der Waals surface area contributed by atoms with Gasteiger partial charge in [-0.05, 0) is 25.7 Å². The maximum atomic E-state index is 9.75. The van der Waals surface area contributed by atoms with E-state index in [4.69, 9.17) is 4.74 Å². The second-order valence-corrected chi connectivity index (χ2v) is 5.05. The molecule has 2 rings (SSSR count). The highest BCUT2D eigenvalue weighted by atomic mass is 16.5. The molecule has 0 aromatic carbocycles. The van der Waals surface area contributed by atoms with Gasteiger partial charge in [-0.15, -0.1) is 0 Å². The molecule has 0 unspecified atom stereocenters. The van der Waals surface area contributed by atoms with Crippen molar-refractivity contribution in [2.75, 3.05) is 39.9 Å². The van der Waals surface area contributed by atoms with Gasteiger partial charge in [-0.25, -0.2) is 0 Å². The smallest absolute Gasteiger partial charge is 0.0615 e. The third-order valence-corrected chi connectivity index (χ3v) is 4.28. The van der Waals surface area contributed by atoms with Crippen molar-refractivity contribution in [1.29, 1.82) is 0 Å². The maximum Gasteiger partial charge on any atom is 0.0615 e. The Balaban J connectivity index is 1.96. The lowest BCUT2D eigenvalue weighted by Crippen LogP contribution is -2.59. The van der Waals surface area contributed by atoms with Gasteiger partial charge >= 0.3 is 0 Å². The highest BCUT2D eigenvalue weighted by Crippen LogP contribution is 2.34. The molecule has 0 amide bonds. The van der Waals surface area contributed by atoms with Crippen molar-refractivity contribution in [2.45, 2.75) is 37.3 Å². The first kappa shape index (κ1) is 12.3. The summed E-state index contributed by atoms with van der Waals surface area (Å²) in [4.78, 5) is 2.48. The minimum absolute atomic E-state index is 0.0388. The molecule has 4 nitrogen and oxygen atoms in total. The fourth-order valence-electron chi connectivity index (χ4n) is 3.08. The minimum Gasteiger partial charge on any atom is -0.394 e. The van der Waals surface area contributed by atoms with Gasteiger partial charge in [0.15, 0.2) is 0 Å². The van der Waals surface area contributed by atoms with E-state index < -0.39 is 0 Å². The van der Waals surface area contributed by atoms with Gasteiger partial charge in [0.05, 0.1) is 12.7 Å². The number of aliphatic hydroxyl groups is 1. The van der Waals surface area contributed by atoms with Crippen LogP contribution in [0.4, 0.5) is 0 Å². The van der Waals surface area contributed by atoms with Crippen LogP contribution in [0.1, 0.15) is 25.7 Å². The summed E-state index contributed by atoms with van der Waals surface area (Å²) in [5.74, 6) is 0. The average Bonchev–Trinajstić information content (AvgIpc) is 2.40. The number of hydrogen-bond donors (Lipinski definition) is 2. The molecule has 0 bridgehead atoms. The highest BCUT2D eigenvalue weighted by Gasteiger charge is 2.40. The van der Waals surface area contributed by atoms with Crippen molar-refractivity contribution in [1.82, 2.24) is 10.2 Å².